The zero-order valence-corrected chi connectivity index (χ0v) is 15.4. The van der Waals surface area contributed by atoms with E-state index in [0.29, 0.717) is 19.5 Å². The van der Waals surface area contributed by atoms with E-state index in [-0.39, 0.29) is 30.3 Å². The Bertz CT molecular complexity index is 594. The fraction of sp³-hybridized carbons (Fsp3) is 0.556. The van der Waals surface area contributed by atoms with Crippen LogP contribution in [0.1, 0.15) is 18.4 Å². The third-order valence-corrected chi connectivity index (χ3v) is 4.83. The van der Waals surface area contributed by atoms with Crippen LogP contribution >= 0.6 is 12.4 Å². The topological polar surface area (TPSA) is 61.9 Å². The normalized spacial score (nSPS) is 20.8. The van der Waals surface area contributed by atoms with Crippen molar-refractivity contribution in [3.8, 4) is 5.75 Å². The van der Waals surface area contributed by atoms with Crippen LogP contribution in [-0.2, 0) is 16.0 Å². The molecule has 2 amide bonds. The van der Waals surface area contributed by atoms with Crippen LogP contribution in [0, 0.1) is 0 Å². The van der Waals surface area contributed by atoms with E-state index in [4.69, 9.17) is 4.74 Å². The van der Waals surface area contributed by atoms with Gasteiger partial charge in [0, 0.05) is 32.2 Å². The van der Waals surface area contributed by atoms with Crippen molar-refractivity contribution in [2.24, 2.45) is 0 Å². The lowest BCUT2D eigenvalue weighted by Gasteiger charge is -2.41. The maximum atomic E-state index is 12.6. The summed E-state index contributed by atoms with van der Waals surface area (Å²) in [6, 6.07) is 7.77. The highest BCUT2D eigenvalue weighted by molar-refractivity contribution is 5.85. The zero-order chi connectivity index (χ0) is 16.9. The number of benzene rings is 1. The van der Waals surface area contributed by atoms with Crippen LogP contribution in [0.15, 0.2) is 24.3 Å². The van der Waals surface area contributed by atoms with Gasteiger partial charge in [-0.3, -0.25) is 9.59 Å². The number of carbonyl (C=O) groups is 2. The number of piperidine rings is 1. The minimum Gasteiger partial charge on any atom is -0.497 e. The Hall–Kier alpha value is -1.79. The van der Waals surface area contributed by atoms with Crippen LogP contribution in [0.25, 0.3) is 0 Å². The maximum absolute atomic E-state index is 12.6. The monoisotopic (exact) mass is 367 g/mol. The average Bonchev–Trinajstić information content (AvgIpc) is 2.63. The number of ether oxygens (including phenoxy) is 1. The van der Waals surface area contributed by atoms with Gasteiger partial charge in [-0.2, -0.15) is 0 Å². The number of nitrogens with zero attached hydrogens (tertiary/aromatic N) is 2. The molecular weight excluding hydrogens is 342 g/mol. The van der Waals surface area contributed by atoms with Crippen molar-refractivity contribution in [2.75, 3.05) is 39.8 Å². The molecule has 3 rings (SSSR count). The first-order valence-corrected chi connectivity index (χ1v) is 8.58. The van der Waals surface area contributed by atoms with Crippen LogP contribution in [0.5, 0.6) is 5.75 Å². The maximum Gasteiger partial charge on any atom is 0.236 e. The fourth-order valence-corrected chi connectivity index (χ4v) is 3.47. The Morgan fingerprint density at radius 2 is 2.04 bits per heavy atom. The van der Waals surface area contributed by atoms with E-state index in [1.54, 1.807) is 7.11 Å². The van der Waals surface area contributed by atoms with Gasteiger partial charge in [0.25, 0.3) is 0 Å². The van der Waals surface area contributed by atoms with Crippen LogP contribution in [-0.4, -0.2) is 67.5 Å². The third kappa shape index (κ3) is 4.86. The highest BCUT2D eigenvalue weighted by atomic mass is 35.5. The summed E-state index contributed by atoms with van der Waals surface area (Å²) in [7, 11) is 1.63. The summed E-state index contributed by atoms with van der Waals surface area (Å²) >= 11 is 0. The molecule has 1 atom stereocenters. The number of hydrogen-bond donors (Lipinski definition) is 1. The smallest absolute Gasteiger partial charge is 0.236 e. The lowest BCUT2D eigenvalue weighted by atomic mass is 10.0. The number of methoxy groups -OCH3 is 1. The quantitative estimate of drug-likeness (QED) is 0.865. The van der Waals surface area contributed by atoms with Gasteiger partial charge in [-0.25, -0.2) is 0 Å². The molecule has 0 bridgehead atoms. The van der Waals surface area contributed by atoms with E-state index in [1.165, 1.54) is 0 Å². The SMILES string of the molecule is COc1ccc(CC(=O)N2CCCC(N3CCNCC3=O)C2)cc1.Cl. The second kappa shape index (κ2) is 9.06. The van der Waals surface area contributed by atoms with E-state index in [2.05, 4.69) is 5.32 Å². The van der Waals surface area contributed by atoms with Crippen molar-refractivity contribution in [3.63, 3.8) is 0 Å². The van der Waals surface area contributed by atoms with Crippen LogP contribution in [0.3, 0.4) is 0 Å². The molecule has 7 heteroatoms. The molecule has 1 aromatic carbocycles. The van der Waals surface area contributed by atoms with Gasteiger partial charge in [-0.05, 0) is 30.5 Å². The van der Waals surface area contributed by atoms with Crippen LogP contribution < -0.4 is 10.1 Å². The molecule has 2 aliphatic heterocycles. The van der Waals surface area contributed by atoms with Crippen molar-refractivity contribution >= 4 is 24.2 Å². The zero-order valence-electron chi connectivity index (χ0n) is 14.6. The molecule has 138 valence electrons. The molecule has 6 nitrogen and oxygen atoms in total. The lowest BCUT2D eigenvalue weighted by Crippen LogP contribution is -2.57. The molecule has 2 heterocycles. The number of halogens is 1. The van der Waals surface area contributed by atoms with Crippen LogP contribution in [0.4, 0.5) is 0 Å². The second-order valence-electron chi connectivity index (χ2n) is 6.42. The molecule has 0 aliphatic carbocycles. The number of rotatable bonds is 4. The number of carbonyl (C=O) groups excluding carboxylic acids is 2. The Morgan fingerprint density at radius 1 is 1.28 bits per heavy atom. The molecule has 2 fully saturated rings. The first-order chi connectivity index (χ1) is 11.7. The number of hydrogen-bond acceptors (Lipinski definition) is 4. The summed E-state index contributed by atoms with van der Waals surface area (Å²) in [6.45, 7) is 3.43. The van der Waals surface area contributed by atoms with Gasteiger partial charge in [0.15, 0.2) is 0 Å². The molecule has 1 aromatic rings. The molecule has 2 saturated heterocycles. The van der Waals surface area contributed by atoms with Crippen molar-refractivity contribution in [3.05, 3.63) is 29.8 Å². The first-order valence-electron chi connectivity index (χ1n) is 8.58. The predicted molar refractivity (Wildman–Crippen MR) is 98.1 cm³/mol. The summed E-state index contributed by atoms with van der Waals surface area (Å²) < 4.78 is 5.14. The van der Waals surface area contributed by atoms with Gasteiger partial charge in [0.1, 0.15) is 5.75 Å². The highest BCUT2D eigenvalue weighted by Gasteiger charge is 2.31. The van der Waals surface area contributed by atoms with Gasteiger partial charge in [0.2, 0.25) is 11.8 Å². The summed E-state index contributed by atoms with van der Waals surface area (Å²) in [5, 5.41) is 3.10. The standard InChI is InChI=1S/C18H25N3O3.ClH/c1-24-16-6-4-14(5-7-16)11-17(22)20-9-2-3-15(13-20)21-10-8-19-12-18(21)23;/h4-7,15,19H,2-3,8-13H2,1H3;1H. The van der Waals surface area contributed by atoms with Crippen molar-refractivity contribution in [1.29, 1.82) is 0 Å². The fourth-order valence-electron chi connectivity index (χ4n) is 3.47. The molecule has 0 radical (unpaired) electrons. The Kier molecular flexibility index (Phi) is 7.08. The Labute approximate surface area is 154 Å². The summed E-state index contributed by atoms with van der Waals surface area (Å²) in [6.07, 6.45) is 2.33. The lowest BCUT2D eigenvalue weighted by molar-refractivity contribution is -0.140. The highest BCUT2D eigenvalue weighted by Crippen LogP contribution is 2.19. The van der Waals surface area contributed by atoms with Gasteiger partial charge in [-0.15, -0.1) is 12.4 Å². The molecule has 0 spiro atoms. The predicted octanol–water partition coefficient (Wildman–Crippen LogP) is 1.08. The number of piperazine rings is 1. The van der Waals surface area contributed by atoms with Gasteiger partial charge >= 0.3 is 0 Å². The number of amides is 2. The minimum atomic E-state index is 0. The molecule has 1 N–H and O–H groups in total. The first kappa shape index (κ1) is 19.5. The number of likely N-dealkylation sites (tertiary alicyclic amines) is 1. The molecular formula is C18H26ClN3O3. The Morgan fingerprint density at radius 3 is 2.72 bits per heavy atom. The van der Waals surface area contributed by atoms with E-state index < -0.39 is 0 Å². The largest absolute Gasteiger partial charge is 0.497 e. The van der Waals surface area contributed by atoms with Gasteiger partial charge in [0.05, 0.1) is 20.1 Å². The molecule has 25 heavy (non-hydrogen) atoms. The van der Waals surface area contributed by atoms with Gasteiger partial charge in [-0.1, -0.05) is 12.1 Å². The summed E-state index contributed by atoms with van der Waals surface area (Å²) in [5.74, 6) is 1.07. The van der Waals surface area contributed by atoms with Crippen molar-refractivity contribution in [1.82, 2.24) is 15.1 Å². The average molecular weight is 368 g/mol. The number of nitrogens with one attached hydrogen (secondary N) is 1. The molecule has 0 saturated carbocycles. The van der Waals surface area contributed by atoms with E-state index in [1.807, 2.05) is 34.1 Å². The summed E-state index contributed by atoms with van der Waals surface area (Å²) in [4.78, 5) is 28.5. The van der Waals surface area contributed by atoms with E-state index in [9.17, 15) is 9.59 Å². The minimum absolute atomic E-state index is 0. The summed E-state index contributed by atoms with van der Waals surface area (Å²) in [5.41, 5.74) is 0.987. The second-order valence-corrected chi connectivity index (χ2v) is 6.42. The molecule has 0 aromatic heterocycles. The van der Waals surface area contributed by atoms with E-state index in [0.717, 1.165) is 43.8 Å². The molecule has 2 aliphatic rings. The third-order valence-electron chi connectivity index (χ3n) is 4.83. The van der Waals surface area contributed by atoms with Crippen LogP contribution in [0.2, 0.25) is 0 Å². The van der Waals surface area contributed by atoms with Crippen molar-refractivity contribution in [2.45, 2.75) is 25.3 Å². The van der Waals surface area contributed by atoms with Crippen molar-refractivity contribution < 1.29 is 14.3 Å². The van der Waals surface area contributed by atoms with E-state index >= 15 is 0 Å². The Balaban J connectivity index is 0.00000225. The molecule has 1 unspecified atom stereocenters. The van der Waals surface area contributed by atoms with Gasteiger partial charge < -0.3 is 19.9 Å².